The molecule has 1 heterocycles. The summed E-state index contributed by atoms with van der Waals surface area (Å²) in [6, 6.07) is 7.99. The second kappa shape index (κ2) is 7.28. The third-order valence-corrected chi connectivity index (χ3v) is 5.77. The van der Waals surface area contributed by atoms with E-state index in [2.05, 4.69) is 30.4 Å². The summed E-state index contributed by atoms with van der Waals surface area (Å²) in [7, 11) is 1.73. The van der Waals surface area contributed by atoms with Crippen molar-refractivity contribution >= 4 is 17.6 Å². The zero-order chi connectivity index (χ0) is 18.9. The minimum absolute atomic E-state index is 0.225. The number of ether oxygens (including phenoxy) is 2. The number of nitrogens with two attached hydrogens (primary N) is 1. The first-order valence-electron chi connectivity index (χ1n) is 9.15. The van der Waals surface area contributed by atoms with Crippen molar-refractivity contribution in [3.05, 3.63) is 82.6 Å². The molecule has 1 aliphatic heterocycles. The van der Waals surface area contributed by atoms with Crippen LogP contribution in [-0.2, 0) is 15.0 Å². The van der Waals surface area contributed by atoms with Crippen LogP contribution < -0.4 is 5.73 Å². The van der Waals surface area contributed by atoms with Gasteiger partial charge in [-0.3, -0.25) is 0 Å². The van der Waals surface area contributed by atoms with Crippen LogP contribution in [0.1, 0.15) is 18.4 Å². The summed E-state index contributed by atoms with van der Waals surface area (Å²) in [5, 5.41) is 0.696. The fourth-order valence-electron chi connectivity index (χ4n) is 4.02. The number of nitrogens with zero attached hydrogens (tertiary/aromatic N) is 1. The van der Waals surface area contributed by atoms with Crippen LogP contribution in [0.5, 0.6) is 0 Å². The maximum absolute atomic E-state index is 6.09. The molecule has 3 atom stereocenters. The molecule has 2 aliphatic carbocycles. The largest absolute Gasteiger partial charge is 0.501 e. The van der Waals surface area contributed by atoms with Crippen LogP contribution in [0.15, 0.2) is 77.0 Å². The van der Waals surface area contributed by atoms with Gasteiger partial charge < -0.3 is 15.2 Å². The molecule has 0 saturated carbocycles. The van der Waals surface area contributed by atoms with Crippen LogP contribution >= 0.6 is 11.6 Å². The van der Waals surface area contributed by atoms with Crippen molar-refractivity contribution in [3.8, 4) is 0 Å². The maximum Gasteiger partial charge on any atom is 0.283 e. The molecule has 3 unspecified atom stereocenters. The number of hydrogen-bond acceptors (Lipinski definition) is 4. The van der Waals surface area contributed by atoms with E-state index in [9.17, 15) is 0 Å². The third kappa shape index (κ3) is 3.42. The van der Waals surface area contributed by atoms with Gasteiger partial charge in [0.2, 0.25) is 0 Å². The summed E-state index contributed by atoms with van der Waals surface area (Å²) in [4.78, 5) is 4.71. The van der Waals surface area contributed by atoms with Gasteiger partial charge >= 0.3 is 0 Å². The Bertz CT molecular complexity index is 867. The Labute approximate surface area is 164 Å². The van der Waals surface area contributed by atoms with Crippen molar-refractivity contribution in [2.75, 3.05) is 13.7 Å². The van der Waals surface area contributed by atoms with Crippen LogP contribution in [0.3, 0.4) is 0 Å². The van der Waals surface area contributed by atoms with Gasteiger partial charge in [0.25, 0.3) is 6.02 Å². The van der Waals surface area contributed by atoms with Crippen LogP contribution in [0.2, 0.25) is 5.02 Å². The van der Waals surface area contributed by atoms with Crippen molar-refractivity contribution < 1.29 is 9.47 Å². The fraction of sp³-hybridized carbons (Fsp3) is 0.318. The number of hydrogen-bond donors (Lipinski definition) is 1. The number of halogens is 1. The Morgan fingerprint density at radius 3 is 2.78 bits per heavy atom. The Morgan fingerprint density at radius 2 is 2.07 bits per heavy atom. The zero-order valence-electron chi connectivity index (χ0n) is 15.3. The van der Waals surface area contributed by atoms with Crippen molar-refractivity contribution in [1.29, 1.82) is 0 Å². The third-order valence-electron chi connectivity index (χ3n) is 5.52. The van der Waals surface area contributed by atoms with Crippen LogP contribution in [0, 0.1) is 11.8 Å². The molecular weight excluding hydrogens is 360 g/mol. The van der Waals surface area contributed by atoms with Gasteiger partial charge in [0.15, 0.2) is 0 Å². The molecule has 0 radical (unpaired) electrons. The Hall–Kier alpha value is -2.46. The van der Waals surface area contributed by atoms with Crippen LogP contribution in [-0.4, -0.2) is 19.7 Å². The summed E-state index contributed by atoms with van der Waals surface area (Å²) < 4.78 is 11.1. The molecule has 140 valence electrons. The van der Waals surface area contributed by atoms with E-state index in [4.69, 9.17) is 31.8 Å². The minimum atomic E-state index is -0.623. The van der Waals surface area contributed by atoms with E-state index in [-0.39, 0.29) is 6.02 Å². The molecule has 5 heteroatoms. The van der Waals surface area contributed by atoms with E-state index in [0.29, 0.717) is 23.5 Å². The smallest absolute Gasteiger partial charge is 0.283 e. The predicted molar refractivity (Wildman–Crippen MR) is 108 cm³/mol. The lowest BCUT2D eigenvalue weighted by Crippen LogP contribution is -2.29. The van der Waals surface area contributed by atoms with E-state index in [0.717, 1.165) is 29.7 Å². The van der Waals surface area contributed by atoms with Gasteiger partial charge in [-0.05, 0) is 47.6 Å². The highest BCUT2D eigenvalue weighted by Gasteiger charge is 2.42. The van der Waals surface area contributed by atoms with Gasteiger partial charge in [0, 0.05) is 11.4 Å². The van der Waals surface area contributed by atoms with E-state index < -0.39 is 5.54 Å². The summed E-state index contributed by atoms with van der Waals surface area (Å²) in [5.41, 5.74) is 7.43. The molecule has 0 bridgehead atoms. The highest BCUT2D eigenvalue weighted by molar-refractivity contribution is 6.30. The second-order valence-electron chi connectivity index (χ2n) is 7.12. The summed E-state index contributed by atoms with van der Waals surface area (Å²) >= 11 is 6.09. The fourth-order valence-corrected chi connectivity index (χ4v) is 4.15. The van der Waals surface area contributed by atoms with Gasteiger partial charge in [-0.1, -0.05) is 54.1 Å². The molecule has 27 heavy (non-hydrogen) atoms. The lowest BCUT2D eigenvalue weighted by molar-refractivity contribution is 0.253. The van der Waals surface area contributed by atoms with E-state index in [1.54, 1.807) is 7.11 Å². The number of benzene rings is 1. The first kappa shape index (κ1) is 17.9. The Morgan fingerprint density at radius 1 is 1.26 bits per heavy atom. The molecular formula is C22H23ClN2O2. The number of aliphatic imine (C=N–C) groups is 1. The molecule has 4 rings (SSSR count). The number of methoxy groups -OCH3 is 1. The molecule has 0 amide bonds. The standard InChI is InChI=1S/C22H23ClN2O2/c1-26-20-7-3-5-16(13-20)15-4-2-6-18(12-15)22(14-27-21(24)25-22)17-8-10-19(23)11-9-17/h2-3,5-12,15-16H,4,13-14H2,1H3,(H2,24,25). The molecule has 3 aliphatic rings. The number of allylic oxidation sites excluding steroid dienone is 6. The monoisotopic (exact) mass is 382 g/mol. The lowest BCUT2D eigenvalue weighted by Gasteiger charge is -2.32. The summed E-state index contributed by atoms with van der Waals surface area (Å²) in [5.74, 6) is 1.79. The molecule has 1 aromatic rings. The van der Waals surface area contributed by atoms with Crippen molar-refractivity contribution in [3.63, 3.8) is 0 Å². The molecule has 0 aromatic heterocycles. The molecule has 0 fully saturated rings. The van der Waals surface area contributed by atoms with Gasteiger partial charge in [-0.25, -0.2) is 4.99 Å². The maximum atomic E-state index is 6.09. The average Bonchev–Trinajstić information content (AvgIpc) is 3.11. The van der Waals surface area contributed by atoms with E-state index in [1.807, 2.05) is 30.3 Å². The Kier molecular flexibility index (Phi) is 4.83. The molecule has 1 aromatic carbocycles. The van der Waals surface area contributed by atoms with Crippen LogP contribution in [0.25, 0.3) is 0 Å². The molecule has 0 spiro atoms. The van der Waals surface area contributed by atoms with Gasteiger partial charge in [-0.2, -0.15) is 0 Å². The topological polar surface area (TPSA) is 56.8 Å². The zero-order valence-corrected chi connectivity index (χ0v) is 16.0. The Balaban J connectivity index is 1.69. The van der Waals surface area contributed by atoms with Crippen molar-refractivity contribution in [2.24, 2.45) is 22.6 Å². The highest BCUT2D eigenvalue weighted by atomic mass is 35.5. The molecule has 0 saturated heterocycles. The minimum Gasteiger partial charge on any atom is -0.501 e. The van der Waals surface area contributed by atoms with E-state index in [1.165, 1.54) is 0 Å². The average molecular weight is 383 g/mol. The van der Waals surface area contributed by atoms with Gasteiger partial charge in [0.1, 0.15) is 12.1 Å². The first-order chi connectivity index (χ1) is 13.1. The van der Waals surface area contributed by atoms with Crippen LogP contribution in [0.4, 0.5) is 0 Å². The first-order valence-corrected chi connectivity index (χ1v) is 9.53. The second-order valence-corrected chi connectivity index (χ2v) is 7.56. The van der Waals surface area contributed by atoms with Gasteiger partial charge in [0.05, 0.1) is 12.9 Å². The highest BCUT2D eigenvalue weighted by Crippen LogP contribution is 2.42. The SMILES string of the molecule is COC1=CC=CC(C2C=C(C3(c4ccc(Cl)cc4)COC(N)=N3)C=CC2)C1. The quantitative estimate of drug-likeness (QED) is 0.834. The van der Waals surface area contributed by atoms with Crippen molar-refractivity contribution in [2.45, 2.75) is 18.4 Å². The number of amidine groups is 1. The summed E-state index contributed by atoms with van der Waals surface area (Å²) in [6.07, 6.45) is 15.0. The van der Waals surface area contributed by atoms with Gasteiger partial charge in [-0.15, -0.1) is 0 Å². The number of rotatable bonds is 4. The molecule has 2 N–H and O–H groups in total. The van der Waals surface area contributed by atoms with E-state index >= 15 is 0 Å². The normalized spacial score (nSPS) is 29.6. The predicted octanol–water partition coefficient (Wildman–Crippen LogP) is 4.49. The lowest BCUT2D eigenvalue weighted by atomic mass is 9.75. The summed E-state index contributed by atoms with van der Waals surface area (Å²) in [6.45, 7) is 0.396. The van der Waals surface area contributed by atoms with Crippen molar-refractivity contribution in [1.82, 2.24) is 0 Å². The molecule has 4 nitrogen and oxygen atoms in total.